The molecule has 1 aliphatic heterocycles. The number of carbonyl (C=O) groups is 2. The number of nitriles is 1. The Hall–Kier alpha value is -2.67. The van der Waals surface area contributed by atoms with Gasteiger partial charge in [-0.15, -0.1) is 22.7 Å². The van der Waals surface area contributed by atoms with Crippen LogP contribution in [-0.4, -0.2) is 47.3 Å². The summed E-state index contributed by atoms with van der Waals surface area (Å²) in [5, 5.41) is 24.5. The molecular formula is C22H23N3O4S2. The molecule has 2 aromatic rings. The van der Waals surface area contributed by atoms with Crippen LogP contribution in [0.3, 0.4) is 0 Å². The molecule has 31 heavy (non-hydrogen) atoms. The van der Waals surface area contributed by atoms with E-state index in [1.165, 1.54) is 17.4 Å². The van der Waals surface area contributed by atoms with Crippen molar-refractivity contribution in [3.63, 3.8) is 0 Å². The smallest absolute Gasteiger partial charge is 0.410 e. The van der Waals surface area contributed by atoms with Crippen molar-refractivity contribution in [1.29, 1.82) is 5.26 Å². The number of nitrogens with one attached hydrogen (secondary N) is 1. The number of nitrogens with zero attached hydrogens (tertiary/aromatic N) is 2. The fourth-order valence-electron chi connectivity index (χ4n) is 3.83. The van der Waals surface area contributed by atoms with Crippen LogP contribution in [0.1, 0.15) is 40.1 Å². The zero-order valence-corrected chi connectivity index (χ0v) is 18.5. The number of fused-ring (bicyclic) bond motifs is 1. The van der Waals surface area contributed by atoms with Crippen LogP contribution in [0.25, 0.3) is 6.08 Å². The lowest BCUT2D eigenvalue weighted by Gasteiger charge is -2.31. The summed E-state index contributed by atoms with van der Waals surface area (Å²) in [5.41, 5.74) is 1.45. The summed E-state index contributed by atoms with van der Waals surface area (Å²) >= 11 is 2.92. The summed E-state index contributed by atoms with van der Waals surface area (Å²) in [6, 6.07) is 6.07. The number of thiophene rings is 2. The molecule has 1 fully saturated rings. The molecule has 0 bridgehead atoms. The maximum atomic E-state index is 12.4. The molecule has 3 heterocycles. The Morgan fingerprint density at radius 2 is 2.13 bits per heavy atom. The Balaban J connectivity index is 1.39. The van der Waals surface area contributed by atoms with E-state index >= 15 is 0 Å². The van der Waals surface area contributed by atoms with Crippen molar-refractivity contribution >= 4 is 45.8 Å². The minimum atomic E-state index is -0.343. The van der Waals surface area contributed by atoms with Gasteiger partial charge in [0, 0.05) is 35.3 Å². The molecule has 1 saturated heterocycles. The van der Waals surface area contributed by atoms with Gasteiger partial charge in [0.1, 0.15) is 17.2 Å². The Morgan fingerprint density at radius 3 is 2.84 bits per heavy atom. The highest BCUT2D eigenvalue weighted by molar-refractivity contribution is 7.16. The van der Waals surface area contributed by atoms with Crippen molar-refractivity contribution in [1.82, 2.24) is 4.90 Å². The number of piperidine rings is 1. The van der Waals surface area contributed by atoms with Crippen LogP contribution in [0, 0.1) is 11.3 Å². The van der Waals surface area contributed by atoms with Crippen LogP contribution < -0.4 is 5.32 Å². The number of anilines is 1. The van der Waals surface area contributed by atoms with Crippen LogP contribution in [0.5, 0.6) is 0 Å². The summed E-state index contributed by atoms with van der Waals surface area (Å²) in [4.78, 5) is 28.3. The fraction of sp³-hybridized carbons (Fsp3) is 0.409. The van der Waals surface area contributed by atoms with Gasteiger partial charge in [-0.3, -0.25) is 4.79 Å². The molecule has 4 rings (SSSR count). The first-order valence-electron chi connectivity index (χ1n) is 10.2. The molecular weight excluding hydrogens is 434 g/mol. The van der Waals surface area contributed by atoms with E-state index in [0.717, 1.165) is 15.3 Å². The number of ether oxygens (including phenoxy) is 1. The van der Waals surface area contributed by atoms with Crippen LogP contribution in [0.15, 0.2) is 23.6 Å². The number of likely N-dealkylation sites (tertiary alicyclic amines) is 1. The highest BCUT2D eigenvalue weighted by Crippen LogP contribution is 2.38. The first-order chi connectivity index (χ1) is 15.0. The lowest BCUT2D eigenvalue weighted by atomic mass is 9.94. The number of rotatable bonds is 4. The van der Waals surface area contributed by atoms with Gasteiger partial charge in [-0.05, 0) is 48.8 Å². The van der Waals surface area contributed by atoms with Crippen LogP contribution in [0.4, 0.5) is 9.80 Å². The highest BCUT2D eigenvalue weighted by Gasteiger charge is 2.30. The number of hydrogen-bond donors (Lipinski definition) is 2. The fourth-order valence-corrected chi connectivity index (χ4v) is 5.71. The molecule has 0 aromatic carbocycles. The minimum absolute atomic E-state index is 0.251. The van der Waals surface area contributed by atoms with Gasteiger partial charge in [0.25, 0.3) is 0 Å². The third kappa shape index (κ3) is 5.15. The van der Waals surface area contributed by atoms with Crippen molar-refractivity contribution in [2.75, 3.05) is 18.4 Å². The van der Waals surface area contributed by atoms with E-state index in [1.54, 1.807) is 22.3 Å². The summed E-state index contributed by atoms with van der Waals surface area (Å²) in [6.45, 7) is 1.01. The van der Waals surface area contributed by atoms with Gasteiger partial charge >= 0.3 is 6.09 Å². The van der Waals surface area contributed by atoms with Gasteiger partial charge in [0.05, 0.1) is 11.7 Å². The van der Waals surface area contributed by atoms with E-state index in [0.29, 0.717) is 55.8 Å². The Labute approximate surface area is 188 Å². The van der Waals surface area contributed by atoms with E-state index in [2.05, 4.69) is 11.4 Å². The molecule has 7 nitrogen and oxygen atoms in total. The monoisotopic (exact) mass is 457 g/mol. The zero-order chi connectivity index (χ0) is 21.8. The first kappa shape index (κ1) is 21.6. The lowest BCUT2D eigenvalue weighted by molar-refractivity contribution is -0.111. The Kier molecular flexibility index (Phi) is 6.70. The average molecular weight is 458 g/mol. The predicted octanol–water partition coefficient (Wildman–Crippen LogP) is 3.78. The molecule has 0 spiro atoms. The minimum Gasteiger partial charge on any atom is -0.446 e. The third-order valence-electron chi connectivity index (χ3n) is 5.50. The molecule has 9 heteroatoms. The number of carbonyl (C=O) groups excluding carboxylic acids is 2. The van der Waals surface area contributed by atoms with Gasteiger partial charge in [-0.2, -0.15) is 5.26 Å². The normalized spacial score (nSPS) is 19.1. The maximum Gasteiger partial charge on any atom is 0.410 e. The van der Waals surface area contributed by atoms with Crippen LogP contribution >= 0.6 is 22.7 Å². The largest absolute Gasteiger partial charge is 0.446 e. The molecule has 2 aliphatic rings. The third-order valence-corrected chi connectivity index (χ3v) is 7.51. The molecule has 0 radical (unpaired) electrons. The summed E-state index contributed by atoms with van der Waals surface area (Å²) in [6.07, 6.45) is 5.24. The second kappa shape index (κ2) is 9.64. The van der Waals surface area contributed by atoms with Crippen molar-refractivity contribution in [3.8, 4) is 6.07 Å². The number of aliphatic hydroxyl groups excluding tert-OH is 1. The van der Waals surface area contributed by atoms with Crippen LogP contribution in [0.2, 0.25) is 0 Å². The molecule has 162 valence electrons. The lowest BCUT2D eigenvalue weighted by Crippen LogP contribution is -2.42. The highest BCUT2D eigenvalue weighted by atomic mass is 32.1. The van der Waals surface area contributed by atoms with Gasteiger partial charge in [-0.1, -0.05) is 6.07 Å². The predicted molar refractivity (Wildman–Crippen MR) is 120 cm³/mol. The standard InChI is InChI=1S/C22H23N3O4S2/c23-13-18-17-5-3-15(29-22(28)25-9-7-14(26)8-10-25)12-19(17)31-21(18)24-20(27)6-4-16-2-1-11-30-16/h1-2,4,6,11,14-15,26H,3,5,7-10,12H2,(H,24,27). The van der Waals surface area contributed by atoms with E-state index in [4.69, 9.17) is 4.74 Å². The average Bonchev–Trinajstić information content (AvgIpc) is 3.39. The number of amides is 2. The van der Waals surface area contributed by atoms with E-state index in [-0.39, 0.29) is 24.2 Å². The molecule has 1 atom stereocenters. The van der Waals surface area contributed by atoms with Crippen molar-refractivity contribution in [2.45, 2.75) is 44.3 Å². The van der Waals surface area contributed by atoms with E-state index in [1.807, 2.05) is 17.5 Å². The van der Waals surface area contributed by atoms with Crippen LogP contribution in [-0.2, 0) is 22.4 Å². The summed E-state index contributed by atoms with van der Waals surface area (Å²) in [5.74, 6) is -0.279. The number of aliphatic hydroxyl groups is 1. The topological polar surface area (TPSA) is 103 Å². The zero-order valence-electron chi connectivity index (χ0n) is 16.9. The first-order valence-corrected chi connectivity index (χ1v) is 11.9. The number of hydrogen-bond acceptors (Lipinski definition) is 7. The molecule has 2 aromatic heterocycles. The van der Waals surface area contributed by atoms with Crippen molar-refractivity contribution in [2.24, 2.45) is 0 Å². The van der Waals surface area contributed by atoms with E-state index in [9.17, 15) is 20.0 Å². The van der Waals surface area contributed by atoms with Gasteiger partial charge in [-0.25, -0.2) is 4.79 Å². The summed E-state index contributed by atoms with van der Waals surface area (Å²) in [7, 11) is 0. The molecule has 0 saturated carbocycles. The van der Waals surface area contributed by atoms with Gasteiger partial charge in [0.15, 0.2) is 0 Å². The Bertz CT molecular complexity index is 1010. The molecule has 1 aliphatic carbocycles. The molecule has 2 amide bonds. The van der Waals surface area contributed by atoms with Gasteiger partial charge in [0.2, 0.25) is 5.91 Å². The van der Waals surface area contributed by atoms with Crippen molar-refractivity contribution < 1.29 is 19.4 Å². The maximum absolute atomic E-state index is 12.4. The second-order valence-corrected chi connectivity index (χ2v) is 9.71. The quantitative estimate of drug-likeness (QED) is 0.680. The Morgan fingerprint density at radius 1 is 1.32 bits per heavy atom. The molecule has 2 N–H and O–H groups in total. The van der Waals surface area contributed by atoms with Crippen molar-refractivity contribution in [3.05, 3.63) is 44.5 Å². The van der Waals surface area contributed by atoms with E-state index < -0.39 is 0 Å². The molecule has 1 unspecified atom stereocenters. The van der Waals surface area contributed by atoms with Gasteiger partial charge < -0.3 is 20.1 Å². The summed E-state index contributed by atoms with van der Waals surface area (Å²) < 4.78 is 5.70. The SMILES string of the molecule is N#Cc1c(NC(=O)C=Cc2cccs2)sc2c1CCC(OC(=O)N1CCC(O)CC1)C2. The second-order valence-electron chi connectivity index (χ2n) is 7.62.